The van der Waals surface area contributed by atoms with Crippen LogP contribution in [0.25, 0.3) is 23.0 Å². The van der Waals surface area contributed by atoms with Gasteiger partial charge >= 0.3 is 0 Å². The summed E-state index contributed by atoms with van der Waals surface area (Å²) in [7, 11) is 0. The van der Waals surface area contributed by atoms with E-state index < -0.39 is 0 Å². The molecule has 3 rings (SSSR count). The fraction of sp³-hybridized carbons (Fsp3) is 0.0526. The van der Waals surface area contributed by atoms with Crippen molar-refractivity contribution >= 4 is 11.6 Å². The first-order chi connectivity index (χ1) is 11.7. The van der Waals surface area contributed by atoms with Crippen molar-refractivity contribution < 1.29 is 4.52 Å². The van der Waals surface area contributed by atoms with Crippen molar-refractivity contribution in [3.63, 3.8) is 0 Å². The Bertz CT molecular complexity index is 985. The van der Waals surface area contributed by atoms with Crippen LogP contribution in [0.1, 0.15) is 22.6 Å². The second-order valence-corrected chi connectivity index (χ2v) is 5.20. The van der Waals surface area contributed by atoms with E-state index in [0.29, 0.717) is 11.4 Å². The van der Waals surface area contributed by atoms with Crippen LogP contribution in [0.3, 0.4) is 0 Å². The number of aryl methyl sites for hydroxylation is 1. The van der Waals surface area contributed by atoms with E-state index in [4.69, 9.17) is 9.78 Å². The highest BCUT2D eigenvalue weighted by Gasteiger charge is 2.13. The van der Waals surface area contributed by atoms with Gasteiger partial charge in [-0.1, -0.05) is 47.1 Å². The molecule has 0 aliphatic heterocycles. The Balaban J connectivity index is 1.95. The van der Waals surface area contributed by atoms with E-state index in [9.17, 15) is 5.26 Å². The van der Waals surface area contributed by atoms with Gasteiger partial charge in [0.1, 0.15) is 11.6 Å². The van der Waals surface area contributed by atoms with E-state index in [0.717, 1.165) is 16.7 Å². The van der Waals surface area contributed by atoms with Crippen LogP contribution >= 0.6 is 0 Å². The Morgan fingerprint density at radius 3 is 2.62 bits per heavy atom. The fourth-order valence-electron chi connectivity index (χ4n) is 2.16. The first-order valence-electron chi connectivity index (χ1n) is 7.22. The average molecular weight is 312 g/mol. The van der Waals surface area contributed by atoms with Gasteiger partial charge in [-0.2, -0.15) is 15.5 Å². The van der Waals surface area contributed by atoms with Gasteiger partial charge in [-0.25, -0.2) is 0 Å². The Labute approximate surface area is 139 Å². The van der Waals surface area contributed by atoms with E-state index in [2.05, 4.69) is 22.3 Å². The molecule has 0 spiro atoms. The van der Waals surface area contributed by atoms with Crippen molar-refractivity contribution in [2.24, 2.45) is 0 Å². The third-order valence-corrected chi connectivity index (χ3v) is 3.41. The van der Waals surface area contributed by atoms with E-state index in [-0.39, 0.29) is 11.5 Å². The highest BCUT2D eigenvalue weighted by Crippen LogP contribution is 2.21. The molecule has 0 amide bonds. The first kappa shape index (κ1) is 15.2. The van der Waals surface area contributed by atoms with Crippen LogP contribution < -0.4 is 0 Å². The average Bonchev–Trinajstić information content (AvgIpc) is 3.10. The number of nitrogens with zero attached hydrogens (tertiary/aromatic N) is 4. The number of hydrogen-bond donors (Lipinski definition) is 0. The second kappa shape index (κ2) is 6.60. The number of rotatable bonds is 3. The predicted molar refractivity (Wildman–Crippen MR) is 89.1 cm³/mol. The summed E-state index contributed by atoms with van der Waals surface area (Å²) in [4.78, 5) is 4.29. The smallest absolute Gasteiger partial charge is 0.268 e. The number of allylic oxidation sites excluding steroid dienone is 1. The third-order valence-electron chi connectivity index (χ3n) is 3.41. The first-order valence-corrected chi connectivity index (χ1v) is 7.22. The molecular formula is C19H12N4O. The third kappa shape index (κ3) is 3.21. The van der Waals surface area contributed by atoms with Crippen molar-refractivity contribution in [2.45, 2.75) is 6.92 Å². The molecular weight excluding hydrogens is 300 g/mol. The largest absolute Gasteiger partial charge is 0.333 e. The lowest BCUT2D eigenvalue weighted by Gasteiger charge is -1.95. The van der Waals surface area contributed by atoms with Gasteiger partial charge in [-0.15, -0.1) is 0 Å². The Morgan fingerprint density at radius 2 is 1.92 bits per heavy atom. The molecule has 0 saturated carbocycles. The van der Waals surface area contributed by atoms with Gasteiger partial charge in [0, 0.05) is 5.56 Å². The zero-order chi connectivity index (χ0) is 16.9. The SMILES string of the molecule is Cc1ccc(-c2noc(C(C#N)=Cc3cccc(C#N)c3)n2)cc1. The van der Waals surface area contributed by atoms with Crippen LogP contribution in [0, 0.1) is 29.6 Å². The Morgan fingerprint density at radius 1 is 1.12 bits per heavy atom. The maximum atomic E-state index is 9.37. The van der Waals surface area contributed by atoms with Gasteiger partial charge < -0.3 is 4.52 Å². The zero-order valence-corrected chi connectivity index (χ0v) is 12.9. The monoisotopic (exact) mass is 312 g/mol. The minimum atomic E-state index is 0.149. The summed E-state index contributed by atoms with van der Waals surface area (Å²) in [5, 5.41) is 22.2. The molecule has 0 N–H and O–H groups in total. The Hall–Kier alpha value is -3.70. The van der Waals surface area contributed by atoms with E-state index >= 15 is 0 Å². The van der Waals surface area contributed by atoms with Crippen LogP contribution in [0.4, 0.5) is 0 Å². The Kier molecular flexibility index (Phi) is 4.18. The number of benzene rings is 2. The van der Waals surface area contributed by atoms with Gasteiger partial charge in [0.25, 0.3) is 5.89 Å². The zero-order valence-electron chi connectivity index (χ0n) is 12.9. The van der Waals surface area contributed by atoms with Gasteiger partial charge in [0.05, 0.1) is 11.6 Å². The maximum absolute atomic E-state index is 9.37. The quantitative estimate of drug-likeness (QED) is 0.683. The molecule has 0 atom stereocenters. The molecule has 0 radical (unpaired) electrons. The second-order valence-electron chi connectivity index (χ2n) is 5.20. The summed E-state index contributed by atoms with van der Waals surface area (Å²) in [5.41, 5.74) is 3.44. The van der Waals surface area contributed by atoms with Crippen LogP contribution in [-0.4, -0.2) is 10.1 Å². The van der Waals surface area contributed by atoms with Crippen molar-refractivity contribution in [2.75, 3.05) is 0 Å². The van der Waals surface area contributed by atoms with E-state index in [1.54, 1.807) is 30.3 Å². The minimum Gasteiger partial charge on any atom is -0.333 e. The van der Waals surface area contributed by atoms with Crippen molar-refractivity contribution in [1.29, 1.82) is 10.5 Å². The summed E-state index contributed by atoms with van der Waals surface area (Å²) < 4.78 is 5.21. The summed E-state index contributed by atoms with van der Waals surface area (Å²) in [6, 6.07) is 18.8. The molecule has 1 heterocycles. The topological polar surface area (TPSA) is 86.5 Å². The molecule has 5 nitrogen and oxygen atoms in total. The summed E-state index contributed by atoms with van der Waals surface area (Å²) in [5.74, 6) is 0.576. The van der Waals surface area contributed by atoms with Crippen molar-refractivity contribution in [3.8, 4) is 23.5 Å². The van der Waals surface area contributed by atoms with E-state index in [1.807, 2.05) is 31.2 Å². The predicted octanol–water partition coefficient (Wildman–Crippen LogP) is 3.98. The van der Waals surface area contributed by atoms with Crippen molar-refractivity contribution in [1.82, 2.24) is 10.1 Å². The van der Waals surface area contributed by atoms with Gasteiger partial charge in [0.15, 0.2) is 0 Å². The molecule has 2 aromatic carbocycles. The molecule has 0 saturated heterocycles. The number of hydrogen-bond acceptors (Lipinski definition) is 5. The molecule has 24 heavy (non-hydrogen) atoms. The summed E-state index contributed by atoms with van der Waals surface area (Å²) >= 11 is 0. The van der Waals surface area contributed by atoms with Gasteiger partial charge in [0.2, 0.25) is 5.82 Å². The number of nitriles is 2. The van der Waals surface area contributed by atoms with Gasteiger partial charge in [-0.05, 0) is 30.7 Å². The van der Waals surface area contributed by atoms with E-state index in [1.165, 1.54) is 0 Å². The summed E-state index contributed by atoms with van der Waals surface area (Å²) in [6.45, 7) is 2.00. The van der Waals surface area contributed by atoms with Crippen LogP contribution in [-0.2, 0) is 0 Å². The lowest BCUT2D eigenvalue weighted by atomic mass is 10.1. The van der Waals surface area contributed by atoms with Crippen LogP contribution in [0.5, 0.6) is 0 Å². The molecule has 1 aromatic heterocycles. The highest BCUT2D eigenvalue weighted by atomic mass is 16.5. The standard InChI is InChI=1S/C19H12N4O/c1-13-5-7-16(8-6-13)18-22-19(24-23-18)17(12-21)10-14-3-2-4-15(9-14)11-20/h2-10H,1H3. The van der Waals surface area contributed by atoms with Crippen LogP contribution in [0.2, 0.25) is 0 Å². The molecule has 3 aromatic rings. The molecule has 114 valence electrons. The normalized spacial score (nSPS) is 10.9. The molecule has 0 aliphatic rings. The van der Waals surface area contributed by atoms with Crippen LogP contribution in [0.15, 0.2) is 53.1 Å². The van der Waals surface area contributed by atoms with Crippen molar-refractivity contribution in [3.05, 3.63) is 71.1 Å². The molecule has 0 bridgehead atoms. The maximum Gasteiger partial charge on any atom is 0.268 e. The fourth-order valence-corrected chi connectivity index (χ4v) is 2.16. The van der Waals surface area contributed by atoms with Gasteiger partial charge in [-0.3, -0.25) is 0 Å². The molecule has 0 fully saturated rings. The minimum absolute atomic E-state index is 0.149. The molecule has 0 aliphatic carbocycles. The highest BCUT2D eigenvalue weighted by molar-refractivity contribution is 5.86. The summed E-state index contributed by atoms with van der Waals surface area (Å²) in [6.07, 6.45) is 1.62. The molecule has 0 unspecified atom stereocenters. The molecule has 5 heteroatoms. The number of aromatic nitrogens is 2. The lowest BCUT2D eigenvalue weighted by molar-refractivity contribution is 0.409. The lowest BCUT2D eigenvalue weighted by Crippen LogP contribution is -1.85.